The van der Waals surface area contributed by atoms with E-state index < -0.39 is 11.9 Å². The summed E-state index contributed by atoms with van der Waals surface area (Å²) in [5, 5.41) is 5.30. The topological polar surface area (TPSA) is 110 Å². The van der Waals surface area contributed by atoms with Crippen molar-refractivity contribution in [3.8, 4) is 11.5 Å². The maximum atomic E-state index is 12.2. The number of nitrogens with zero attached hydrogens (tertiary/aromatic N) is 1. The minimum atomic E-state index is -0.742. The van der Waals surface area contributed by atoms with Crippen molar-refractivity contribution in [1.29, 1.82) is 0 Å². The van der Waals surface area contributed by atoms with Crippen molar-refractivity contribution < 1.29 is 28.3 Å². The number of furan rings is 1. The van der Waals surface area contributed by atoms with Gasteiger partial charge in [0.2, 0.25) is 5.91 Å². The Labute approximate surface area is 169 Å². The molecule has 1 atom stereocenters. The number of hydrogen-bond acceptors (Lipinski definition) is 6. The predicted octanol–water partition coefficient (Wildman–Crippen LogP) is 1.19. The average molecular weight is 403 g/mol. The first-order chi connectivity index (χ1) is 13.8. The summed E-state index contributed by atoms with van der Waals surface area (Å²) in [6, 6.07) is 7.50. The third-order valence-corrected chi connectivity index (χ3v) is 4.03. The number of rotatable bonds is 9. The van der Waals surface area contributed by atoms with E-state index in [1.54, 1.807) is 45.3 Å². The summed E-state index contributed by atoms with van der Waals surface area (Å²) in [6.45, 7) is 1.70. The minimum absolute atomic E-state index is 0.105. The molecule has 1 aromatic heterocycles. The summed E-state index contributed by atoms with van der Waals surface area (Å²) in [4.78, 5) is 37.2. The molecule has 29 heavy (non-hydrogen) atoms. The van der Waals surface area contributed by atoms with Gasteiger partial charge in [-0.15, -0.1) is 0 Å². The van der Waals surface area contributed by atoms with Gasteiger partial charge >= 0.3 is 0 Å². The van der Waals surface area contributed by atoms with Crippen LogP contribution >= 0.6 is 0 Å². The van der Waals surface area contributed by atoms with Crippen LogP contribution in [0.25, 0.3) is 0 Å². The molecule has 3 amide bonds. The molecule has 9 heteroatoms. The van der Waals surface area contributed by atoms with Gasteiger partial charge in [-0.3, -0.25) is 14.4 Å². The van der Waals surface area contributed by atoms with Gasteiger partial charge in [-0.25, -0.2) is 0 Å². The van der Waals surface area contributed by atoms with Crippen LogP contribution in [0.15, 0.2) is 41.0 Å². The Bertz CT molecular complexity index is 848. The summed E-state index contributed by atoms with van der Waals surface area (Å²) in [5.74, 6) is 0.0277. The molecule has 0 aliphatic carbocycles. The van der Waals surface area contributed by atoms with E-state index in [-0.39, 0.29) is 30.7 Å². The van der Waals surface area contributed by atoms with Gasteiger partial charge in [0.25, 0.3) is 11.8 Å². The molecule has 2 N–H and O–H groups in total. The lowest BCUT2D eigenvalue weighted by Gasteiger charge is -2.15. The van der Waals surface area contributed by atoms with Crippen molar-refractivity contribution in [2.75, 3.05) is 27.8 Å². The van der Waals surface area contributed by atoms with Crippen molar-refractivity contribution in [2.45, 2.75) is 19.5 Å². The predicted molar refractivity (Wildman–Crippen MR) is 105 cm³/mol. The van der Waals surface area contributed by atoms with Crippen molar-refractivity contribution in [2.24, 2.45) is 0 Å². The van der Waals surface area contributed by atoms with Crippen LogP contribution < -0.4 is 20.1 Å². The molecule has 0 saturated carbocycles. The number of amides is 3. The van der Waals surface area contributed by atoms with Crippen LogP contribution in [-0.4, -0.2) is 56.5 Å². The van der Waals surface area contributed by atoms with Crippen LogP contribution in [0.4, 0.5) is 0 Å². The second-order valence-electron chi connectivity index (χ2n) is 6.45. The number of likely N-dealkylation sites (N-methyl/N-ethyl adjacent to an activating group) is 1. The van der Waals surface area contributed by atoms with Crippen LogP contribution in [0.5, 0.6) is 11.5 Å². The second kappa shape index (κ2) is 10.2. The van der Waals surface area contributed by atoms with Crippen LogP contribution in [0, 0.1) is 0 Å². The fourth-order valence-corrected chi connectivity index (χ4v) is 2.29. The first-order valence-electron chi connectivity index (χ1n) is 8.93. The van der Waals surface area contributed by atoms with E-state index in [0.717, 1.165) is 5.56 Å². The van der Waals surface area contributed by atoms with Crippen molar-refractivity contribution in [3.63, 3.8) is 0 Å². The zero-order chi connectivity index (χ0) is 21.4. The fourth-order valence-electron chi connectivity index (χ4n) is 2.29. The largest absolute Gasteiger partial charge is 0.493 e. The highest BCUT2D eigenvalue weighted by atomic mass is 16.5. The number of carbonyl (C=O) groups is 3. The second-order valence-corrected chi connectivity index (χ2v) is 6.45. The minimum Gasteiger partial charge on any atom is -0.493 e. The number of ether oxygens (including phenoxy) is 2. The van der Waals surface area contributed by atoms with Gasteiger partial charge in [-0.2, -0.15) is 0 Å². The van der Waals surface area contributed by atoms with E-state index in [9.17, 15) is 14.4 Å². The summed E-state index contributed by atoms with van der Waals surface area (Å²) in [6.07, 6.45) is 1.39. The molecule has 2 rings (SSSR count). The summed E-state index contributed by atoms with van der Waals surface area (Å²) >= 11 is 0. The third kappa shape index (κ3) is 6.27. The van der Waals surface area contributed by atoms with Crippen molar-refractivity contribution in [1.82, 2.24) is 15.5 Å². The molecule has 9 nitrogen and oxygen atoms in total. The zero-order valence-electron chi connectivity index (χ0n) is 16.9. The third-order valence-electron chi connectivity index (χ3n) is 4.03. The Kier molecular flexibility index (Phi) is 7.64. The normalized spacial score (nSPS) is 11.3. The molecule has 0 aliphatic heterocycles. The highest BCUT2D eigenvalue weighted by molar-refractivity contribution is 5.95. The first-order valence-corrected chi connectivity index (χ1v) is 8.93. The Balaban J connectivity index is 1.89. The molecule has 0 radical (unpaired) electrons. The summed E-state index contributed by atoms with van der Waals surface area (Å²) < 4.78 is 15.8. The molecule has 0 spiro atoms. The molecule has 0 bridgehead atoms. The lowest BCUT2D eigenvalue weighted by molar-refractivity contribution is -0.130. The molecule has 1 heterocycles. The quantitative estimate of drug-likeness (QED) is 0.651. The fraction of sp³-hybridized carbons (Fsp3) is 0.350. The van der Waals surface area contributed by atoms with Crippen LogP contribution in [0.2, 0.25) is 0 Å². The Morgan fingerprint density at radius 1 is 1.17 bits per heavy atom. The SMILES string of the molecule is COc1cc(CNC(=O)C(C)NC(=O)c2ccco2)ccc1OCC(=O)N(C)C. The number of benzene rings is 1. The van der Waals surface area contributed by atoms with Gasteiger partial charge in [-0.1, -0.05) is 6.07 Å². The molecule has 1 aromatic carbocycles. The van der Waals surface area contributed by atoms with Gasteiger partial charge in [0.15, 0.2) is 23.9 Å². The standard InChI is InChI=1S/C20H25N3O6/c1-13(22-20(26)16-6-5-9-28-16)19(25)21-11-14-7-8-15(17(10-14)27-4)29-12-18(24)23(2)3/h5-10,13H,11-12H2,1-4H3,(H,21,25)(H,22,26). The molecule has 156 valence electrons. The highest BCUT2D eigenvalue weighted by Crippen LogP contribution is 2.28. The molecular weight excluding hydrogens is 378 g/mol. The van der Waals surface area contributed by atoms with Gasteiger partial charge in [0.05, 0.1) is 13.4 Å². The van der Waals surface area contributed by atoms with Crippen LogP contribution in [-0.2, 0) is 16.1 Å². The number of hydrogen-bond donors (Lipinski definition) is 2. The summed E-state index contributed by atoms with van der Waals surface area (Å²) in [7, 11) is 4.78. The number of nitrogens with one attached hydrogen (secondary N) is 2. The van der Waals surface area contributed by atoms with Gasteiger partial charge in [0, 0.05) is 20.6 Å². The summed E-state index contributed by atoms with van der Waals surface area (Å²) in [5.41, 5.74) is 0.769. The number of carbonyl (C=O) groups excluding carboxylic acids is 3. The maximum Gasteiger partial charge on any atom is 0.287 e. The van der Waals surface area contributed by atoms with Crippen molar-refractivity contribution >= 4 is 17.7 Å². The average Bonchev–Trinajstić information content (AvgIpc) is 3.25. The molecule has 0 saturated heterocycles. The maximum absolute atomic E-state index is 12.2. The van der Waals surface area contributed by atoms with Gasteiger partial charge < -0.3 is 29.4 Å². The highest BCUT2D eigenvalue weighted by Gasteiger charge is 2.18. The first kappa shape index (κ1) is 21.8. The monoisotopic (exact) mass is 403 g/mol. The van der Waals surface area contributed by atoms with E-state index in [0.29, 0.717) is 11.5 Å². The van der Waals surface area contributed by atoms with Crippen LogP contribution in [0.1, 0.15) is 23.0 Å². The van der Waals surface area contributed by atoms with E-state index >= 15 is 0 Å². The van der Waals surface area contributed by atoms with Crippen molar-refractivity contribution in [3.05, 3.63) is 47.9 Å². The van der Waals surface area contributed by atoms with E-state index in [1.165, 1.54) is 24.3 Å². The lowest BCUT2D eigenvalue weighted by atomic mass is 10.2. The molecule has 2 aromatic rings. The van der Waals surface area contributed by atoms with Gasteiger partial charge in [-0.05, 0) is 36.8 Å². The van der Waals surface area contributed by atoms with Gasteiger partial charge in [0.1, 0.15) is 6.04 Å². The lowest BCUT2D eigenvalue weighted by Crippen LogP contribution is -2.44. The Hall–Kier alpha value is -3.49. The molecule has 0 fully saturated rings. The molecule has 0 aliphatic rings. The van der Waals surface area contributed by atoms with E-state index in [4.69, 9.17) is 13.9 Å². The Morgan fingerprint density at radius 2 is 1.93 bits per heavy atom. The number of methoxy groups -OCH3 is 1. The molecular formula is C20H25N3O6. The smallest absolute Gasteiger partial charge is 0.287 e. The zero-order valence-corrected chi connectivity index (χ0v) is 16.9. The Morgan fingerprint density at radius 3 is 2.55 bits per heavy atom. The molecule has 1 unspecified atom stereocenters. The van der Waals surface area contributed by atoms with Crippen LogP contribution in [0.3, 0.4) is 0 Å². The van der Waals surface area contributed by atoms with E-state index in [1.807, 2.05) is 0 Å². The van der Waals surface area contributed by atoms with E-state index in [2.05, 4.69) is 10.6 Å².